The Hall–Kier alpha value is -4.40. The van der Waals surface area contributed by atoms with Gasteiger partial charge in [-0.05, 0) is 74.2 Å². The molecule has 1 aliphatic rings. The van der Waals surface area contributed by atoms with Crippen LogP contribution in [-0.4, -0.2) is 44.4 Å². The number of nitrogens with two attached hydrogens (primary N) is 1. The number of carbonyl (C=O) groups is 2. The first-order valence-electron chi connectivity index (χ1n) is 12.7. The lowest BCUT2D eigenvalue weighted by Gasteiger charge is -2.32. The van der Waals surface area contributed by atoms with Gasteiger partial charge in [0, 0.05) is 30.4 Å². The van der Waals surface area contributed by atoms with Gasteiger partial charge in [-0.2, -0.15) is 0 Å². The zero-order valence-electron chi connectivity index (χ0n) is 21.4. The summed E-state index contributed by atoms with van der Waals surface area (Å²) in [6, 6.07) is 12.9. The minimum atomic E-state index is -0.592. The third-order valence-corrected chi connectivity index (χ3v) is 7.01. The smallest absolute Gasteiger partial charge is 0.269 e. The molecule has 3 heterocycles. The summed E-state index contributed by atoms with van der Waals surface area (Å²) in [7, 11) is 0. The highest BCUT2D eigenvalue weighted by atomic mass is 19.1. The van der Waals surface area contributed by atoms with E-state index >= 15 is 0 Å². The number of halogens is 1. The number of primary amides is 1. The Labute approximate surface area is 219 Å². The number of nitrogens with zero attached hydrogens (tertiary/aromatic N) is 3. The summed E-state index contributed by atoms with van der Waals surface area (Å²) in [6.45, 7) is 5.19. The first kappa shape index (κ1) is 25.3. The van der Waals surface area contributed by atoms with Crippen molar-refractivity contribution >= 4 is 17.5 Å². The highest BCUT2D eigenvalue weighted by Crippen LogP contribution is 2.34. The fourth-order valence-electron chi connectivity index (χ4n) is 5.06. The number of aromatic amines is 1. The van der Waals surface area contributed by atoms with Gasteiger partial charge in [-0.25, -0.2) is 13.9 Å². The van der Waals surface area contributed by atoms with Crippen LogP contribution in [0.5, 0.6) is 11.5 Å². The largest absolute Gasteiger partial charge is 0.457 e. The number of carbonyl (C=O) groups excluding carboxylic acids is 2. The molecule has 4 aromatic rings. The molecule has 196 valence electrons. The van der Waals surface area contributed by atoms with E-state index in [2.05, 4.69) is 5.10 Å². The number of aromatic nitrogens is 3. The second kappa shape index (κ2) is 10.5. The summed E-state index contributed by atoms with van der Waals surface area (Å²) in [5.74, 6) is 0.373. The highest BCUT2D eigenvalue weighted by Gasteiger charge is 2.29. The maximum atomic E-state index is 13.2. The van der Waals surface area contributed by atoms with E-state index in [1.54, 1.807) is 28.8 Å². The van der Waals surface area contributed by atoms with Crippen molar-refractivity contribution in [2.45, 2.75) is 32.6 Å². The zero-order valence-corrected chi connectivity index (χ0v) is 21.4. The van der Waals surface area contributed by atoms with Gasteiger partial charge in [0.1, 0.15) is 23.0 Å². The van der Waals surface area contributed by atoms with E-state index in [9.17, 15) is 14.0 Å². The first-order chi connectivity index (χ1) is 18.4. The molecule has 1 fully saturated rings. The van der Waals surface area contributed by atoms with Gasteiger partial charge in [-0.1, -0.05) is 19.1 Å². The molecule has 3 N–H and O–H groups in total. The molecule has 1 unspecified atom stereocenters. The molecule has 5 rings (SSSR count). The lowest BCUT2D eigenvalue weighted by atomic mass is 9.90. The molecule has 1 atom stereocenters. The number of benzene rings is 2. The summed E-state index contributed by atoms with van der Waals surface area (Å²) in [6.07, 6.45) is 7.33. The predicted octanol–water partition coefficient (Wildman–Crippen LogP) is 5.28. The SMILES string of the molecule is C/C=C/C(C)C(=O)N1CCC(c2c[nH]n3c(C(N)=O)c(-c4ccc(Oc5ccc(F)cc5)cc4)nc23)CC1. The normalized spacial score (nSPS) is 15.3. The van der Waals surface area contributed by atoms with E-state index in [1.807, 2.05) is 49.2 Å². The van der Waals surface area contributed by atoms with Gasteiger partial charge in [0.15, 0.2) is 11.3 Å². The first-order valence-corrected chi connectivity index (χ1v) is 12.7. The van der Waals surface area contributed by atoms with Crippen molar-refractivity contribution < 1.29 is 18.7 Å². The number of fused-ring (bicyclic) bond motifs is 1. The number of ether oxygens (including phenoxy) is 1. The van der Waals surface area contributed by atoms with Crippen molar-refractivity contribution in [3.63, 3.8) is 0 Å². The number of H-pyrrole nitrogens is 1. The Kier molecular flexibility index (Phi) is 7.00. The van der Waals surface area contributed by atoms with E-state index in [0.29, 0.717) is 41.5 Å². The van der Waals surface area contributed by atoms with Crippen molar-refractivity contribution in [3.8, 4) is 22.8 Å². The van der Waals surface area contributed by atoms with Gasteiger partial charge in [0.2, 0.25) is 5.91 Å². The summed E-state index contributed by atoms with van der Waals surface area (Å²) in [5, 5.41) is 3.15. The Morgan fingerprint density at radius 3 is 2.34 bits per heavy atom. The monoisotopic (exact) mass is 515 g/mol. The molecule has 0 aliphatic carbocycles. The second-order valence-corrected chi connectivity index (χ2v) is 9.56. The van der Waals surface area contributed by atoms with Crippen LogP contribution in [0.1, 0.15) is 48.7 Å². The highest BCUT2D eigenvalue weighted by molar-refractivity contribution is 5.98. The molecule has 0 radical (unpaired) electrons. The molecule has 0 spiro atoms. The van der Waals surface area contributed by atoms with Crippen LogP contribution in [0.15, 0.2) is 66.9 Å². The van der Waals surface area contributed by atoms with Crippen LogP contribution in [0.3, 0.4) is 0 Å². The summed E-state index contributed by atoms with van der Waals surface area (Å²) in [5.41, 5.74) is 8.90. The van der Waals surface area contributed by atoms with E-state index in [-0.39, 0.29) is 29.3 Å². The number of imidazole rings is 1. The number of hydrogen-bond donors (Lipinski definition) is 2. The molecule has 0 bridgehead atoms. The third kappa shape index (κ3) is 4.91. The molecular formula is C29H30FN5O3. The van der Waals surface area contributed by atoms with E-state index in [0.717, 1.165) is 18.4 Å². The third-order valence-electron chi connectivity index (χ3n) is 7.01. The van der Waals surface area contributed by atoms with Crippen LogP contribution >= 0.6 is 0 Å². The van der Waals surface area contributed by atoms with Crippen LogP contribution in [0, 0.1) is 11.7 Å². The molecule has 2 aromatic heterocycles. The molecule has 1 saturated heterocycles. The van der Waals surface area contributed by atoms with Gasteiger partial charge in [0.05, 0.1) is 5.92 Å². The number of amides is 2. The van der Waals surface area contributed by atoms with E-state index < -0.39 is 5.91 Å². The predicted molar refractivity (Wildman–Crippen MR) is 143 cm³/mol. The minimum Gasteiger partial charge on any atom is -0.457 e. The molecular weight excluding hydrogens is 485 g/mol. The number of rotatable bonds is 7. The number of likely N-dealkylation sites (tertiary alicyclic amines) is 1. The Bertz CT molecular complexity index is 1480. The summed E-state index contributed by atoms with van der Waals surface area (Å²) < 4.78 is 20.6. The fraction of sp³-hybridized carbons (Fsp3) is 0.276. The lowest BCUT2D eigenvalue weighted by molar-refractivity contribution is -0.134. The Morgan fingerprint density at radius 2 is 1.74 bits per heavy atom. The molecule has 2 amide bonds. The summed E-state index contributed by atoms with van der Waals surface area (Å²) in [4.78, 5) is 31.9. The fourth-order valence-corrected chi connectivity index (χ4v) is 5.06. The van der Waals surface area contributed by atoms with Crippen molar-refractivity contribution in [1.82, 2.24) is 19.5 Å². The molecule has 9 heteroatoms. The van der Waals surface area contributed by atoms with Crippen molar-refractivity contribution in [3.05, 3.63) is 84.0 Å². The Balaban J connectivity index is 1.37. The number of nitrogens with one attached hydrogen (secondary N) is 1. The molecule has 2 aromatic carbocycles. The van der Waals surface area contributed by atoms with Crippen LogP contribution < -0.4 is 10.5 Å². The van der Waals surface area contributed by atoms with Crippen molar-refractivity contribution in [2.24, 2.45) is 11.7 Å². The zero-order chi connectivity index (χ0) is 26.8. The van der Waals surface area contributed by atoms with E-state index in [1.165, 1.54) is 12.1 Å². The standard InChI is InChI=1S/C29H30FN5O3/c1-3-4-18(2)29(37)34-15-13-19(14-16-34)24-17-32-35-26(27(31)36)25(33-28(24)35)20-5-9-22(10-6-20)38-23-11-7-21(30)8-12-23/h3-12,17-19,32H,13-16H2,1-2H3,(H2,31,36)/b4-3+. The number of piperidine rings is 1. The van der Waals surface area contributed by atoms with Gasteiger partial charge < -0.3 is 15.4 Å². The second-order valence-electron chi connectivity index (χ2n) is 9.56. The van der Waals surface area contributed by atoms with Gasteiger partial charge in [-0.3, -0.25) is 14.7 Å². The van der Waals surface area contributed by atoms with E-state index in [4.69, 9.17) is 15.5 Å². The van der Waals surface area contributed by atoms with Gasteiger partial charge in [0.25, 0.3) is 5.91 Å². The lowest BCUT2D eigenvalue weighted by Crippen LogP contribution is -2.40. The van der Waals surface area contributed by atoms with Crippen LogP contribution in [0.4, 0.5) is 4.39 Å². The quantitative estimate of drug-likeness (QED) is 0.327. The van der Waals surface area contributed by atoms with Crippen molar-refractivity contribution in [2.75, 3.05) is 13.1 Å². The van der Waals surface area contributed by atoms with Gasteiger partial charge in [-0.15, -0.1) is 0 Å². The summed E-state index contributed by atoms with van der Waals surface area (Å²) >= 11 is 0. The topological polar surface area (TPSA) is 106 Å². The van der Waals surface area contributed by atoms with Crippen LogP contribution in [0.25, 0.3) is 16.9 Å². The molecule has 38 heavy (non-hydrogen) atoms. The minimum absolute atomic E-state index is 0.129. The van der Waals surface area contributed by atoms with Crippen LogP contribution in [-0.2, 0) is 4.79 Å². The maximum Gasteiger partial charge on any atom is 0.269 e. The molecule has 1 aliphatic heterocycles. The number of allylic oxidation sites excluding steroid dienone is 1. The Morgan fingerprint density at radius 1 is 1.11 bits per heavy atom. The van der Waals surface area contributed by atoms with Crippen molar-refractivity contribution in [1.29, 1.82) is 0 Å². The average Bonchev–Trinajstić information content (AvgIpc) is 3.50. The number of hydrogen-bond acceptors (Lipinski definition) is 4. The van der Waals surface area contributed by atoms with Gasteiger partial charge >= 0.3 is 0 Å². The maximum absolute atomic E-state index is 13.2. The molecule has 0 saturated carbocycles. The van der Waals surface area contributed by atoms with Crippen LogP contribution in [0.2, 0.25) is 0 Å². The average molecular weight is 516 g/mol. The molecule has 8 nitrogen and oxygen atoms in total.